The summed E-state index contributed by atoms with van der Waals surface area (Å²) in [4.78, 5) is 12.7. The Bertz CT molecular complexity index is 1080. The van der Waals surface area contributed by atoms with Crippen LogP contribution in [0.4, 0.5) is 10.1 Å². The quantitative estimate of drug-likeness (QED) is 0.664. The van der Waals surface area contributed by atoms with E-state index in [0.29, 0.717) is 16.3 Å². The maximum Gasteiger partial charge on any atom is 0.265 e. The number of rotatable bonds is 4. The number of hydrogen-bond acceptors (Lipinski definition) is 4. The standard InChI is InChI=1S/C18H13ClFNO3S2/c1-11-10-13(20)4-7-15(11)21-18(22)16-8-9-17(25-16)26(23,24)14-5-2-12(19)3-6-14/h2-10H,1H3,(H,21,22). The van der Waals surface area contributed by atoms with Crippen LogP contribution >= 0.6 is 22.9 Å². The topological polar surface area (TPSA) is 63.2 Å². The van der Waals surface area contributed by atoms with Gasteiger partial charge in [-0.3, -0.25) is 4.79 Å². The Morgan fingerprint density at radius 1 is 1.08 bits per heavy atom. The number of hydrogen-bond donors (Lipinski definition) is 1. The smallest absolute Gasteiger partial charge is 0.265 e. The summed E-state index contributed by atoms with van der Waals surface area (Å²) in [6.07, 6.45) is 0. The zero-order valence-electron chi connectivity index (χ0n) is 13.5. The van der Waals surface area contributed by atoms with E-state index in [2.05, 4.69) is 5.32 Å². The van der Waals surface area contributed by atoms with Gasteiger partial charge in [0.15, 0.2) is 0 Å². The van der Waals surface area contributed by atoms with E-state index < -0.39 is 21.6 Å². The van der Waals surface area contributed by atoms with E-state index in [9.17, 15) is 17.6 Å². The summed E-state index contributed by atoms with van der Waals surface area (Å²) in [5.74, 6) is -0.852. The lowest BCUT2D eigenvalue weighted by molar-refractivity contribution is 0.103. The number of carbonyl (C=O) groups is 1. The normalized spacial score (nSPS) is 11.3. The van der Waals surface area contributed by atoms with E-state index in [1.54, 1.807) is 6.92 Å². The van der Waals surface area contributed by atoms with Crippen LogP contribution < -0.4 is 5.32 Å². The van der Waals surface area contributed by atoms with Crippen molar-refractivity contribution in [3.63, 3.8) is 0 Å². The highest BCUT2D eigenvalue weighted by molar-refractivity contribution is 7.93. The van der Waals surface area contributed by atoms with E-state index in [1.807, 2.05) is 0 Å². The predicted octanol–water partition coefficient (Wildman–Crippen LogP) is 4.93. The van der Waals surface area contributed by atoms with Gasteiger partial charge in [-0.2, -0.15) is 0 Å². The predicted molar refractivity (Wildman–Crippen MR) is 100 cm³/mol. The summed E-state index contributed by atoms with van der Waals surface area (Å²) < 4.78 is 38.4. The summed E-state index contributed by atoms with van der Waals surface area (Å²) in [5, 5.41) is 3.09. The Balaban J connectivity index is 1.85. The molecule has 0 saturated heterocycles. The molecule has 0 unspecified atom stereocenters. The first kappa shape index (κ1) is 18.6. The highest BCUT2D eigenvalue weighted by Gasteiger charge is 2.22. The summed E-state index contributed by atoms with van der Waals surface area (Å²) >= 11 is 6.65. The number of halogens is 2. The number of sulfone groups is 1. The second kappa shape index (κ2) is 7.19. The SMILES string of the molecule is Cc1cc(F)ccc1NC(=O)c1ccc(S(=O)(=O)c2ccc(Cl)cc2)s1. The lowest BCUT2D eigenvalue weighted by atomic mass is 10.2. The van der Waals surface area contributed by atoms with Gasteiger partial charge in [0.25, 0.3) is 5.91 Å². The van der Waals surface area contributed by atoms with Gasteiger partial charge in [0.05, 0.1) is 9.77 Å². The Hall–Kier alpha value is -2.22. The highest BCUT2D eigenvalue weighted by Crippen LogP contribution is 2.29. The monoisotopic (exact) mass is 409 g/mol. The lowest BCUT2D eigenvalue weighted by Crippen LogP contribution is -2.11. The van der Waals surface area contributed by atoms with Crippen molar-refractivity contribution in [2.45, 2.75) is 16.0 Å². The van der Waals surface area contributed by atoms with Crippen molar-refractivity contribution in [1.82, 2.24) is 0 Å². The van der Waals surface area contributed by atoms with Gasteiger partial charge in [0, 0.05) is 10.7 Å². The Morgan fingerprint density at radius 3 is 2.42 bits per heavy atom. The molecule has 0 bridgehead atoms. The molecule has 134 valence electrons. The van der Waals surface area contributed by atoms with Gasteiger partial charge >= 0.3 is 0 Å². The number of thiophene rings is 1. The number of nitrogens with one attached hydrogen (secondary N) is 1. The van der Waals surface area contributed by atoms with Crippen molar-refractivity contribution >= 4 is 44.4 Å². The number of amides is 1. The van der Waals surface area contributed by atoms with E-state index in [0.717, 1.165) is 11.3 Å². The molecule has 1 amide bonds. The van der Waals surface area contributed by atoms with E-state index >= 15 is 0 Å². The van der Waals surface area contributed by atoms with Gasteiger partial charge in [-0.15, -0.1) is 11.3 Å². The molecule has 26 heavy (non-hydrogen) atoms. The highest BCUT2D eigenvalue weighted by atomic mass is 35.5. The van der Waals surface area contributed by atoms with Crippen molar-refractivity contribution in [1.29, 1.82) is 0 Å². The third-order valence-electron chi connectivity index (χ3n) is 3.63. The number of anilines is 1. The van der Waals surface area contributed by atoms with Crippen LogP contribution in [-0.4, -0.2) is 14.3 Å². The van der Waals surface area contributed by atoms with Gasteiger partial charge in [-0.05, 0) is 67.1 Å². The molecule has 0 atom stereocenters. The van der Waals surface area contributed by atoms with Crippen LogP contribution in [0.1, 0.15) is 15.2 Å². The van der Waals surface area contributed by atoms with Crippen LogP contribution in [-0.2, 0) is 9.84 Å². The fourth-order valence-corrected chi connectivity index (χ4v) is 5.00. The second-order valence-corrected chi connectivity index (χ2v) is 9.19. The minimum Gasteiger partial charge on any atom is -0.321 e. The van der Waals surface area contributed by atoms with Crippen molar-refractivity contribution in [2.75, 3.05) is 5.32 Å². The Morgan fingerprint density at radius 2 is 1.77 bits per heavy atom. The molecule has 0 aliphatic rings. The minimum absolute atomic E-state index is 0.0563. The molecule has 3 rings (SSSR count). The van der Waals surface area contributed by atoms with Crippen LogP contribution in [0.5, 0.6) is 0 Å². The van der Waals surface area contributed by atoms with Crippen LogP contribution in [0.15, 0.2) is 63.7 Å². The van der Waals surface area contributed by atoms with Gasteiger partial charge in [-0.25, -0.2) is 12.8 Å². The first-order chi connectivity index (χ1) is 12.3. The molecule has 2 aromatic carbocycles. The van der Waals surface area contributed by atoms with Gasteiger partial charge < -0.3 is 5.32 Å². The molecule has 1 N–H and O–H groups in total. The minimum atomic E-state index is -3.72. The maximum absolute atomic E-state index is 13.1. The molecule has 0 saturated carbocycles. The molecular weight excluding hydrogens is 397 g/mol. The summed E-state index contributed by atoms with van der Waals surface area (Å²) in [7, 11) is -3.72. The van der Waals surface area contributed by atoms with E-state index in [4.69, 9.17) is 11.6 Å². The average molecular weight is 410 g/mol. The molecule has 3 aromatic rings. The zero-order chi connectivity index (χ0) is 18.9. The average Bonchev–Trinajstić information content (AvgIpc) is 3.09. The largest absolute Gasteiger partial charge is 0.321 e. The van der Waals surface area contributed by atoms with Gasteiger partial charge in [0.2, 0.25) is 9.84 Å². The first-order valence-electron chi connectivity index (χ1n) is 7.45. The summed E-state index contributed by atoms with van der Waals surface area (Å²) in [6.45, 7) is 1.67. The third kappa shape index (κ3) is 3.80. The number of carbonyl (C=O) groups excluding carboxylic acids is 1. The van der Waals surface area contributed by atoms with Gasteiger partial charge in [-0.1, -0.05) is 11.6 Å². The lowest BCUT2D eigenvalue weighted by Gasteiger charge is -2.07. The molecule has 0 fully saturated rings. The maximum atomic E-state index is 13.1. The fraction of sp³-hybridized carbons (Fsp3) is 0.0556. The number of aryl methyl sites for hydroxylation is 1. The van der Waals surface area contributed by atoms with Crippen LogP contribution in [0.2, 0.25) is 5.02 Å². The molecule has 0 aliphatic heterocycles. The van der Waals surface area contributed by atoms with Gasteiger partial charge in [0.1, 0.15) is 10.0 Å². The molecule has 0 spiro atoms. The van der Waals surface area contributed by atoms with Crippen LogP contribution in [0.3, 0.4) is 0 Å². The molecule has 1 heterocycles. The first-order valence-corrected chi connectivity index (χ1v) is 10.1. The third-order valence-corrected chi connectivity index (χ3v) is 7.23. The molecule has 0 aliphatic carbocycles. The molecule has 1 aromatic heterocycles. The van der Waals surface area contributed by atoms with Crippen molar-refractivity contribution in [2.24, 2.45) is 0 Å². The van der Waals surface area contributed by atoms with Crippen LogP contribution in [0.25, 0.3) is 0 Å². The Kier molecular flexibility index (Phi) is 5.13. The molecule has 4 nitrogen and oxygen atoms in total. The van der Waals surface area contributed by atoms with Crippen molar-refractivity contribution in [3.05, 3.63) is 75.9 Å². The fourth-order valence-electron chi connectivity index (χ4n) is 2.27. The van der Waals surface area contributed by atoms with Crippen molar-refractivity contribution < 1.29 is 17.6 Å². The Labute approximate surface area is 159 Å². The van der Waals surface area contributed by atoms with E-state index in [-0.39, 0.29) is 14.0 Å². The second-order valence-electron chi connectivity index (χ2n) is 5.49. The number of benzene rings is 2. The summed E-state index contributed by atoms with van der Waals surface area (Å²) in [6, 6.07) is 12.7. The molecule has 0 radical (unpaired) electrons. The molecule has 8 heteroatoms. The van der Waals surface area contributed by atoms with Crippen molar-refractivity contribution in [3.8, 4) is 0 Å². The zero-order valence-corrected chi connectivity index (χ0v) is 15.9. The molecular formula is C18H13ClFNO3S2. The summed E-state index contributed by atoms with van der Waals surface area (Å²) in [5.41, 5.74) is 1.04. The van der Waals surface area contributed by atoms with E-state index in [1.165, 1.54) is 54.6 Å². The van der Waals surface area contributed by atoms with Crippen LogP contribution in [0, 0.1) is 12.7 Å².